The van der Waals surface area contributed by atoms with Gasteiger partial charge in [0, 0.05) is 19.2 Å². The van der Waals surface area contributed by atoms with E-state index >= 15 is 0 Å². The first-order chi connectivity index (χ1) is 13.2. The van der Waals surface area contributed by atoms with Gasteiger partial charge in [0.1, 0.15) is 5.75 Å². The van der Waals surface area contributed by atoms with Crippen molar-refractivity contribution >= 4 is 16.8 Å². The summed E-state index contributed by atoms with van der Waals surface area (Å²) in [6.07, 6.45) is 3.35. The van der Waals surface area contributed by atoms with Gasteiger partial charge in [-0.1, -0.05) is 0 Å². The van der Waals surface area contributed by atoms with Crippen LogP contribution >= 0.6 is 0 Å². The van der Waals surface area contributed by atoms with Gasteiger partial charge in [-0.15, -0.1) is 5.10 Å². The van der Waals surface area contributed by atoms with Crippen LogP contribution in [0, 0.1) is 12.8 Å². The second kappa shape index (κ2) is 7.82. The number of rotatable bonds is 6. The fourth-order valence-electron chi connectivity index (χ4n) is 3.49. The number of benzene rings is 1. The molecule has 0 spiro atoms. The lowest BCUT2D eigenvalue weighted by Gasteiger charge is -2.32. The van der Waals surface area contributed by atoms with Crippen LogP contribution in [0.1, 0.15) is 25.0 Å². The molecule has 7 nitrogen and oxygen atoms in total. The molecule has 0 N–H and O–H groups in total. The molecule has 0 saturated carbocycles. The van der Waals surface area contributed by atoms with Crippen LogP contribution in [0.4, 0.5) is 5.82 Å². The Balaban J connectivity index is 1.25. The Labute approximate surface area is 158 Å². The highest BCUT2D eigenvalue weighted by atomic mass is 16.5. The van der Waals surface area contributed by atoms with Crippen LogP contribution < -0.4 is 14.4 Å². The zero-order chi connectivity index (χ0) is 18.6. The largest absolute Gasteiger partial charge is 0.493 e. The Morgan fingerprint density at radius 1 is 1.15 bits per heavy atom. The molecule has 27 heavy (non-hydrogen) atoms. The van der Waals surface area contributed by atoms with Crippen LogP contribution in [0.25, 0.3) is 11.0 Å². The van der Waals surface area contributed by atoms with E-state index in [1.807, 2.05) is 31.2 Å². The topological polar surface area (TPSA) is 73.5 Å². The first kappa shape index (κ1) is 17.6. The molecule has 142 valence electrons. The van der Waals surface area contributed by atoms with Crippen molar-refractivity contribution < 1.29 is 14.0 Å². The number of aryl methyl sites for hydroxylation is 1. The number of anilines is 1. The molecule has 3 heterocycles. The zero-order valence-electron chi connectivity index (χ0n) is 15.7. The van der Waals surface area contributed by atoms with Gasteiger partial charge in [-0.3, -0.25) is 0 Å². The minimum absolute atomic E-state index is 0.501. The summed E-state index contributed by atoms with van der Waals surface area (Å²) in [4.78, 5) is 2.31. The second-order valence-corrected chi connectivity index (χ2v) is 6.95. The van der Waals surface area contributed by atoms with Gasteiger partial charge in [0.15, 0.2) is 11.4 Å². The lowest BCUT2D eigenvalue weighted by Crippen LogP contribution is -2.34. The number of methoxy groups -OCH3 is 1. The number of hydrogen-bond acceptors (Lipinski definition) is 7. The summed E-state index contributed by atoms with van der Waals surface area (Å²) in [5.41, 5.74) is 1.63. The Kier molecular flexibility index (Phi) is 5.09. The summed E-state index contributed by atoms with van der Waals surface area (Å²) >= 11 is 0. The van der Waals surface area contributed by atoms with Crippen LogP contribution in [0.2, 0.25) is 0 Å². The highest BCUT2D eigenvalue weighted by molar-refractivity contribution is 5.83. The second-order valence-electron chi connectivity index (χ2n) is 6.95. The van der Waals surface area contributed by atoms with Crippen LogP contribution in [-0.2, 0) is 0 Å². The molecule has 1 aromatic carbocycles. The molecule has 3 aromatic rings. The smallest absolute Gasteiger partial charge is 0.261 e. The first-order valence-electron chi connectivity index (χ1n) is 9.34. The summed E-state index contributed by atoms with van der Waals surface area (Å²) in [7, 11) is 1.58. The average Bonchev–Trinajstić information content (AvgIpc) is 3.11. The van der Waals surface area contributed by atoms with E-state index in [4.69, 9.17) is 14.0 Å². The van der Waals surface area contributed by atoms with Crippen LogP contribution in [0.3, 0.4) is 0 Å². The summed E-state index contributed by atoms with van der Waals surface area (Å²) in [6, 6.07) is 9.79. The van der Waals surface area contributed by atoms with Gasteiger partial charge < -0.3 is 18.9 Å². The lowest BCUT2D eigenvalue weighted by atomic mass is 9.94. The summed E-state index contributed by atoms with van der Waals surface area (Å²) in [5.74, 6) is 2.95. The number of fused-ring (bicyclic) bond motifs is 1. The highest BCUT2D eigenvalue weighted by Crippen LogP contribution is 2.29. The molecule has 0 amide bonds. The Morgan fingerprint density at radius 2 is 2.00 bits per heavy atom. The van der Waals surface area contributed by atoms with E-state index in [0.717, 1.165) is 55.0 Å². The molecule has 0 aliphatic carbocycles. The molecule has 1 aliphatic rings. The SMILES string of the molecule is COc1noc2cc(OCCC3CCN(c4ccc(C)nn4)CC3)ccc12. The van der Waals surface area contributed by atoms with Gasteiger partial charge in [0.05, 0.1) is 24.8 Å². The van der Waals surface area contributed by atoms with Crippen molar-refractivity contribution in [2.75, 3.05) is 31.7 Å². The highest BCUT2D eigenvalue weighted by Gasteiger charge is 2.20. The van der Waals surface area contributed by atoms with Crippen LogP contribution in [0.15, 0.2) is 34.9 Å². The molecule has 0 radical (unpaired) electrons. The van der Waals surface area contributed by atoms with Gasteiger partial charge >= 0.3 is 0 Å². The van der Waals surface area contributed by atoms with Crippen molar-refractivity contribution in [2.24, 2.45) is 5.92 Å². The van der Waals surface area contributed by atoms with Gasteiger partial charge in [-0.25, -0.2) is 0 Å². The Bertz CT molecular complexity index is 886. The third kappa shape index (κ3) is 3.97. The van der Waals surface area contributed by atoms with E-state index < -0.39 is 0 Å². The van der Waals surface area contributed by atoms with E-state index in [2.05, 4.69) is 26.3 Å². The van der Waals surface area contributed by atoms with Crippen LogP contribution in [0.5, 0.6) is 11.6 Å². The van der Waals surface area contributed by atoms with Gasteiger partial charge in [0.2, 0.25) is 0 Å². The van der Waals surface area contributed by atoms with Gasteiger partial charge in [-0.2, -0.15) is 5.10 Å². The van der Waals surface area contributed by atoms with E-state index in [1.165, 1.54) is 0 Å². The molecule has 0 bridgehead atoms. The Morgan fingerprint density at radius 3 is 2.74 bits per heavy atom. The number of nitrogens with zero attached hydrogens (tertiary/aromatic N) is 4. The van der Waals surface area contributed by atoms with Crippen LogP contribution in [-0.4, -0.2) is 42.2 Å². The Hall–Kier alpha value is -2.83. The molecule has 0 atom stereocenters. The fraction of sp³-hybridized carbons (Fsp3) is 0.450. The molecule has 4 rings (SSSR count). The maximum atomic E-state index is 5.92. The quantitative estimate of drug-likeness (QED) is 0.658. The number of hydrogen-bond donors (Lipinski definition) is 0. The van der Waals surface area contributed by atoms with Crippen molar-refractivity contribution in [1.82, 2.24) is 15.4 Å². The summed E-state index contributed by atoms with van der Waals surface area (Å²) < 4.78 is 16.3. The van der Waals surface area contributed by atoms with Crippen molar-refractivity contribution in [3.63, 3.8) is 0 Å². The predicted octanol–water partition coefficient (Wildman–Crippen LogP) is 3.62. The molecular weight excluding hydrogens is 344 g/mol. The maximum Gasteiger partial charge on any atom is 0.261 e. The normalized spacial score (nSPS) is 15.3. The molecule has 2 aromatic heterocycles. The monoisotopic (exact) mass is 368 g/mol. The molecule has 7 heteroatoms. The van der Waals surface area contributed by atoms with Gasteiger partial charge in [0.25, 0.3) is 5.88 Å². The lowest BCUT2D eigenvalue weighted by molar-refractivity contribution is 0.258. The molecular formula is C20H24N4O3. The van der Waals surface area contributed by atoms with Crippen molar-refractivity contribution in [3.8, 4) is 11.6 Å². The molecule has 1 fully saturated rings. The van der Waals surface area contributed by atoms with Crippen molar-refractivity contribution in [2.45, 2.75) is 26.2 Å². The predicted molar refractivity (Wildman–Crippen MR) is 102 cm³/mol. The zero-order valence-corrected chi connectivity index (χ0v) is 15.7. The molecule has 0 unspecified atom stereocenters. The van der Waals surface area contributed by atoms with Gasteiger partial charge in [-0.05, 0) is 61.5 Å². The van der Waals surface area contributed by atoms with E-state index in [-0.39, 0.29) is 0 Å². The van der Waals surface area contributed by atoms with Crippen molar-refractivity contribution in [1.29, 1.82) is 0 Å². The van der Waals surface area contributed by atoms with E-state index in [9.17, 15) is 0 Å². The van der Waals surface area contributed by atoms with E-state index in [0.29, 0.717) is 24.0 Å². The third-order valence-electron chi connectivity index (χ3n) is 5.12. The number of piperidine rings is 1. The molecule has 1 aliphatic heterocycles. The first-order valence-corrected chi connectivity index (χ1v) is 9.34. The third-order valence-corrected chi connectivity index (χ3v) is 5.12. The minimum Gasteiger partial charge on any atom is -0.493 e. The minimum atomic E-state index is 0.501. The summed E-state index contributed by atoms with van der Waals surface area (Å²) in [5, 5.41) is 13.2. The number of aromatic nitrogens is 3. The maximum absolute atomic E-state index is 5.92. The van der Waals surface area contributed by atoms with Crippen molar-refractivity contribution in [3.05, 3.63) is 36.0 Å². The standard InChI is InChI=1S/C20H24N4O3/c1-14-3-6-19(22-21-14)24-10-7-15(8-11-24)9-12-26-16-4-5-17-18(13-16)27-23-20(17)25-2/h3-6,13,15H,7-12H2,1-2H3. The fourth-order valence-corrected chi connectivity index (χ4v) is 3.49. The number of ether oxygens (including phenoxy) is 2. The summed E-state index contributed by atoms with van der Waals surface area (Å²) in [6.45, 7) is 4.70. The van der Waals surface area contributed by atoms with E-state index in [1.54, 1.807) is 7.11 Å². The molecule has 1 saturated heterocycles. The average molecular weight is 368 g/mol.